The highest BCUT2D eigenvalue weighted by Gasteiger charge is 2.23. The predicted octanol–water partition coefficient (Wildman–Crippen LogP) is 5.06. The van der Waals surface area contributed by atoms with E-state index in [-0.39, 0.29) is 0 Å². The van der Waals surface area contributed by atoms with Crippen LogP contribution in [0, 0.1) is 6.92 Å². The molecule has 1 N–H and O–H groups in total. The first-order chi connectivity index (χ1) is 11.2. The van der Waals surface area contributed by atoms with E-state index in [9.17, 15) is 0 Å². The van der Waals surface area contributed by atoms with Gasteiger partial charge in [-0.1, -0.05) is 19.1 Å². The Balaban J connectivity index is 1.88. The lowest BCUT2D eigenvalue weighted by molar-refractivity contribution is 0.443. The van der Waals surface area contributed by atoms with Crippen molar-refractivity contribution in [2.75, 3.05) is 16.8 Å². The van der Waals surface area contributed by atoms with Gasteiger partial charge in [0.1, 0.15) is 5.82 Å². The zero-order valence-corrected chi connectivity index (χ0v) is 15.3. The molecule has 0 spiro atoms. The first kappa shape index (κ1) is 16.2. The maximum Gasteiger partial charge on any atom is 0.227 e. The number of para-hydroxylation sites is 1. The average molecular weight is 375 g/mol. The van der Waals surface area contributed by atoms with Gasteiger partial charge in [0.25, 0.3) is 0 Å². The van der Waals surface area contributed by atoms with Crippen molar-refractivity contribution in [1.29, 1.82) is 0 Å². The molecule has 122 valence electrons. The zero-order chi connectivity index (χ0) is 16.2. The van der Waals surface area contributed by atoms with Gasteiger partial charge in [-0.25, -0.2) is 4.98 Å². The third kappa shape index (κ3) is 3.83. The van der Waals surface area contributed by atoms with E-state index < -0.39 is 0 Å². The predicted molar refractivity (Wildman–Crippen MR) is 99.5 cm³/mol. The van der Waals surface area contributed by atoms with Crippen molar-refractivity contribution in [3.8, 4) is 0 Å². The van der Waals surface area contributed by atoms with Crippen LogP contribution in [0.3, 0.4) is 0 Å². The quantitative estimate of drug-likeness (QED) is 0.811. The molecule has 1 atom stereocenters. The number of piperidine rings is 1. The van der Waals surface area contributed by atoms with Crippen molar-refractivity contribution >= 4 is 33.4 Å². The van der Waals surface area contributed by atoms with Crippen LogP contribution in [-0.2, 0) is 0 Å². The second-order valence-corrected chi connectivity index (χ2v) is 6.90. The number of aryl methyl sites for hydroxylation is 1. The van der Waals surface area contributed by atoms with Gasteiger partial charge in [-0.15, -0.1) is 0 Å². The van der Waals surface area contributed by atoms with Crippen LogP contribution >= 0.6 is 15.9 Å². The summed E-state index contributed by atoms with van der Waals surface area (Å²) >= 11 is 3.57. The summed E-state index contributed by atoms with van der Waals surface area (Å²) in [5, 5.41) is 3.40. The number of rotatable bonds is 4. The van der Waals surface area contributed by atoms with Gasteiger partial charge in [-0.3, -0.25) is 0 Å². The average Bonchev–Trinajstić information content (AvgIpc) is 2.56. The monoisotopic (exact) mass is 374 g/mol. The maximum absolute atomic E-state index is 4.77. The highest BCUT2D eigenvalue weighted by molar-refractivity contribution is 9.10. The Labute approximate surface area is 146 Å². The lowest BCUT2D eigenvalue weighted by Crippen LogP contribution is -2.40. The van der Waals surface area contributed by atoms with Crippen molar-refractivity contribution in [2.24, 2.45) is 0 Å². The molecular weight excluding hydrogens is 352 g/mol. The number of hydrogen-bond donors (Lipinski definition) is 1. The second-order valence-electron chi connectivity index (χ2n) is 6.05. The van der Waals surface area contributed by atoms with Gasteiger partial charge in [0.2, 0.25) is 5.95 Å². The summed E-state index contributed by atoms with van der Waals surface area (Å²) in [6.45, 7) is 5.33. The number of anilines is 3. The summed E-state index contributed by atoms with van der Waals surface area (Å²) in [7, 11) is 0. The van der Waals surface area contributed by atoms with Crippen molar-refractivity contribution in [3.05, 3.63) is 40.5 Å². The molecule has 1 aliphatic heterocycles. The topological polar surface area (TPSA) is 41.1 Å². The smallest absolute Gasteiger partial charge is 0.227 e. The standard InChI is InChI=1S/C18H23BrN4/c1-3-14-8-6-7-11-23(14)18-20-13(2)12-17(22-18)21-16-10-5-4-9-15(16)19/h4-5,9-10,12,14H,3,6-8,11H2,1-2H3,(H,20,21,22). The summed E-state index contributed by atoms with van der Waals surface area (Å²) in [6, 6.07) is 10.6. The minimum Gasteiger partial charge on any atom is -0.339 e. The number of benzene rings is 1. The molecule has 0 bridgehead atoms. The molecule has 3 rings (SSSR count). The summed E-state index contributed by atoms with van der Waals surface area (Å²) in [6.07, 6.45) is 4.91. The number of nitrogens with one attached hydrogen (secondary N) is 1. The molecule has 1 aromatic carbocycles. The van der Waals surface area contributed by atoms with E-state index in [4.69, 9.17) is 4.98 Å². The fourth-order valence-corrected chi connectivity index (χ4v) is 3.52. The number of nitrogens with zero attached hydrogens (tertiary/aromatic N) is 3. The summed E-state index contributed by atoms with van der Waals surface area (Å²) < 4.78 is 1.03. The summed E-state index contributed by atoms with van der Waals surface area (Å²) in [5.74, 6) is 1.70. The third-order valence-corrected chi connectivity index (χ3v) is 5.03. The van der Waals surface area contributed by atoms with Crippen molar-refractivity contribution in [2.45, 2.75) is 45.6 Å². The maximum atomic E-state index is 4.77. The lowest BCUT2D eigenvalue weighted by Gasteiger charge is -2.35. The van der Waals surface area contributed by atoms with Gasteiger partial charge >= 0.3 is 0 Å². The Bertz CT molecular complexity index is 674. The minimum absolute atomic E-state index is 0.557. The van der Waals surface area contributed by atoms with Crippen LogP contribution < -0.4 is 10.2 Å². The molecule has 1 saturated heterocycles. The van der Waals surface area contributed by atoms with Gasteiger partial charge in [-0.2, -0.15) is 4.98 Å². The molecule has 0 amide bonds. The molecule has 0 radical (unpaired) electrons. The van der Waals surface area contributed by atoms with Crippen LogP contribution in [0.15, 0.2) is 34.8 Å². The van der Waals surface area contributed by atoms with Gasteiger partial charge < -0.3 is 10.2 Å². The fraction of sp³-hybridized carbons (Fsp3) is 0.444. The van der Waals surface area contributed by atoms with Crippen LogP contribution in [0.1, 0.15) is 38.3 Å². The van der Waals surface area contributed by atoms with Crippen molar-refractivity contribution in [3.63, 3.8) is 0 Å². The van der Waals surface area contributed by atoms with Crippen molar-refractivity contribution < 1.29 is 0 Å². The highest BCUT2D eigenvalue weighted by Crippen LogP contribution is 2.28. The summed E-state index contributed by atoms with van der Waals surface area (Å²) in [5.41, 5.74) is 2.01. The van der Waals surface area contributed by atoms with Crippen LogP contribution in [0.25, 0.3) is 0 Å². The first-order valence-corrected chi connectivity index (χ1v) is 9.10. The molecule has 2 heterocycles. The van der Waals surface area contributed by atoms with E-state index in [1.165, 1.54) is 19.3 Å². The van der Waals surface area contributed by atoms with Crippen LogP contribution in [0.2, 0.25) is 0 Å². The van der Waals surface area contributed by atoms with Gasteiger partial charge in [-0.05, 0) is 60.7 Å². The number of aromatic nitrogens is 2. The minimum atomic E-state index is 0.557. The van der Waals surface area contributed by atoms with E-state index in [1.54, 1.807) is 0 Å². The van der Waals surface area contributed by atoms with Crippen LogP contribution in [0.5, 0.6) is 0 Å². The zero-order valence-electron chi connectivity index (χ0n) is 13.7. The molecule has 1 unspecified atom stereocenters. The Hall–Kier alpha value is -1.62. The van der Waals surface area contributed by atoms with Gasteiger partial charge in [0.15, 0.2) is 0 Å². The normalized spacial score (nSPS) is 18.0. The Kier molecular flexibility index (Phi) is 5.16. The molecule has 4 nitrogen and oxygen atoms in total. The Morgan fingerprint density at radius 1 is 1.26 bits per heavy atom. The SMILES string of the molecule is CCC1CCCCN1c1nc(C)cc(Nc2ccccc2Br)n1. The third-order valence-electron chi connectivity index (χ3n) is 4.33. The van der Waals surface area contributed by atoms with E-state index in [0.29, 0.717) is 6.04 Å². The number of hydrogen-bond acceptors (Lipinski definition) is 4. The molecular formula is C18H23BrN4. The second kappa shape index (κ2) is 7.30. The van der Waals surface area contributed by atoms with E-state index in [0.717, 1.165) is 40.6 Å². The van der Waals surface area contributed by atoms with E-state index >= 15 is 0 Å². The number of halogens is 1. The fourth-order valence-electron chi connectivity index (χ4n) is 3.13. The first-order valence-electron chi connectivity index (χ1n) is 8.31. The van der Waals surface area contributed by atoms with Gasteiger partial charge in [0.05, 0.1) is 5.69 Å². The lowest BCUT2D eigenvalue weighted by atomic mass is 10.0. The van der Waals surface area contributed by atoms with Crippen LogP contribution in [0.4, 0.5) is 17.5 Å². The Morgan fingerprint density at radius 3 is 2.87 bits per heavy atom. The van der Waals surface area contributed by atoms with E-state index in [2.05, 4.69) is 38.1 Å². The largest absolute Gasteiger partial charge is 0.339 e. The molecule has 0 saturated carbocycles. The molecule has 0 aliphatic carbocycles. The van der Waals surface area contributed by atoms with E-state index in [1.807, 2.05) is 37.3 Å². The summed E-state index contributed by atoms with van der Waals surface area (Å²) in [4.78, 5) is 11.8. The van der Waals surface area contributed by atoms with Gasteiger partial charge in [0, 0.05) is 28.8 Å². The molecule has 2 aromatic rings. The molecule has 1 aliphatic rings. The molecule has 1 aromatic heterocycles. The molecule has 23 heavy (non-hydrogen) atoms. The molecule has 1 fully saturated rings. The van der Waals surface area contributed by atoms with Crippen LogP contribution in [-0.4, -0.2) is 22.6 Å². The molecule has 5 heteroatoms. The van der Waals surface area contributed by atoms with Crippen molar-refractivity contribution in [1.82, 2.24) is 9.97 Å². The highest BCUT2D eigenvalue weighted by atomic mass is 79.9. The Morgan fingerprint density at radius 2 is 2.09 bits per heavy atom.